The molecule has 5 rings (SSSR count). The molecule has 0 radical (unpaired) electrons. The van der Waals surface area contributed by atoms with Crippen LogP contribution in [0.15, 0.2) is 60.7 Å². The first-order valence-corrected chi connectivity index (χ1v) is 17.0. The van der Waals surface area contributed by atoms with Crippen LogP contribution >= 0.6 is 0 Å². The SMILES string of the molecule is COCCCN1C(=O)COc2ccc(COC3CN(C(=O)OC(C)(C)C)CCC3c3ccc(OCCCOc4ccc(F)cc4F)cc3)cc21. The fourth-order valence-electron chi connectivity index (χ4n) is 5.95. The monoisotopic (exact) mass is 696 g/mol. The van der Waals surface area contributed by atoms with Crippen LogP contribution in [0.2, 0.25) is 0 Å². The van der Waals surface area contributed by atoms with Gasteiger partial charge in [0.15, 0.2) is 18.2 Å². The number of ether oxygens (including phenoxy) is 6. The number of fused-ring (bicyclic) bond motifs is 1. The van der Waals surface area contributed by atoms with Crippen molar-refractivity contribution in [1.29, 1.82) is 0 Å². The van der Waals surface area contributed by atoms with Gasteiger partial charge in [-0.25, -0.2) is 13.6 Å². The highest BCUT2D eigenvalue weighted by molar-refractivity contribution is 5.97. The summed E-state index contributed by atoms with van der Waals surface area (Å²) in [5.41, 5.74) is 2.01. The lowest BCUT2D eigenvalue weighted by molar-refractivity contribution is -0.121. The lowest BCUT2D eigenvalue weighted by atomic mass is 9.87. The van der Waals surface area contributed by atoms with Crippen molar-refractivity contribution >= 4 is 17.7 Å². The molecule has 3 aromatic rings. The molecule has 270 valence electrons. The molecule has 2 aliphatic rings. The van der Waals surface area contributed by atoms with E-state index in [2.05, 4.69) is 0 Å². The number of likely N-dealkylation sites (tertiary alicyclic amines) is 1. The summed E-state index contributed by atoms with van der Waals surface area (Å²) in [5, 5.41) is 0. The Labute approximate surface area is 292 Å². The molecule has 0 N–H and O–H groups in total. The molecule has 10 nitrogen and oxygen atoms in total. The first-order chi connectivity index (χ1) is 24.0. The van der Waals surface area contributed by atoms with E-state index < -0.39 is 17.2 Å². The zero-order valence-corrected chi connectivity index (χ0v) is 29.1. The van der Waals surface area contributed by atoms with E-state index in [0.717, 1.165) is 23.3 Å². The molecule has 1 saturated heterocycles. The van der Waals surface area contributed by atoms with Crippen molar-refractivity contribution in [3.8, 4) is 17.2 Å². The maximum absolute atomic E-state index is 13.8. The minimum absolute atomic E-state index is 0.000836. The van der Waals surface area contributed by atoms with Crippen LogP contribution in [-0.2, 0) is 25.6 Å². The Morgan fingerprint density at radius 1 is 0.960 bits per heavy atom. The molecule has 2 heterocycles. The van der Waals surface area contributed by atoms with Crippen molar-refractivity contribution in [2.24, 2.45) is 0 Å². The largest absolute Gasteiger partial charge is 0.493 e. The number of carbonyl (C=O) groups is 2. The Kier molecular flexibility index (Phi) is 12.5. The predicted octanol–water partition coefficient (Wildman–Crippen LogP) is 6.88. The first-order valence-electron chi connectivity index (χ1n) is 17.0. The summed E-state index contributed by atoms with van der Waals surface area (Å²) in [4.78, 5) is 29.2. The van der Waals surface area contributed by atoms with Gasteiger partial charge in [0.2, 0.25) is 0 Å². The highest BCUT2D eigenvalue weighted by Crippen LogP contribution is 2.36. The zero-order chi connectivity index (χ0) is 35.7. The Morgan fingerprint density at radius 2 is 1.74 bits per heavy atom. The fraction of sp³-hybridized carbons (Fsp3) is 0.474. The molecule has 50 heavy (non-hydrogen) atoms. The highest BCUT2D eigenvalue weighted by atomic mass is 19.1. The summed E-state index contributed by atoms with van der Waals surface area (Å²) in [6.07, 6.45) is 1.16. The minimum Gasteiger partial charge on any atom is -0.493 e. The molecule has 2 atom stereocenters. The summed E-state index contributed by atoms with van der Waals surface area (Å²) in [6.45, 7) is 8.29. The second-order valence-corrected chi connectivity index (χ2v) is 13.3. The predicted molar refractivity (Wildman–Crippen MR) is 183 cm³/mol. The van der Waals surface area contributed by atoms with E-state index in [1.54, 1.807) is 16.9 Å². The molecular weight excluding hydrogens is 650 g/mol. The summed E-state index contributed by atoms with van der Waals surface area (Å²) in [5.74, 6) is -0.183. The number of methoxy groups -OCH3 is 1. The minimum atomic E-state index is -0.741. The quantitative estimate of drug-likeness (QED) is 0.168. The van der Waals surface area contributed by atoms with Gasteiger partial charge in [0.1, 0.15) is 22.9 Å². The van der Waals surface area contributed by atoms with Crippen LogP contribution < -0.4 is 19.1 Å². The van der Waals surface area contributed by atoms with Gasteiger partial charge in [-0.2, -0.15) is 0 Å². The van der Waals surface area contributed by atoms with Gasteiger partial charge in [-0.05, 0) is 81.1 Å². The number of hydrogen-bond donors (Lipinski definition) is 0. The average molecular weight is 697 g/mol. The van der Waals surface area contributed by atoms with Crippen molar-refractivity contribution in [1.82, 2.24) is 4.90 Å². The molecule has 0 bridgehead atoms. The lowest BCUT2D eigenvalue weighted by Gasteiger charge is -2.39. The van der Waals surface area contributed by atoms with Crippen LogP contribution in [0.3, 0.4) is 0 Å². The van der Waals surface area contributed by atoms with E-state index in [1.165, 1.54) is 6.07 Å². The van der Waals surface area contributed by atoms with Gasteiger partial charge >= 0.3 is 6.09 Å². The normalized spacial score (nSPS) is 17.6. The summed E-state index contributed by atoms with van der Waals surface area (Å²) < 4.78 is 61.3. The molecule has 2 amide bonds. The van der Waals surface area contributed by atoms with Gasteiger partial charge < -0.3 is 38.2 Å². The Balaban J connectivity index is 1.22. The van der Waals surface area contributed by atoms with Crippen molar-refractivity contribution in [2.45, 2.75) is 64.3 Å². The molecule has 0 aromatic heterocycles. The topological polar surface area (TPSA) is 96.0 Å². The lowest BCUT2D eigenvalue weighted by Crippen LogP contribution is -2.48. The van der Waals surface area contributed by atoms with Crippen molar-refractivity contribution in [3.63, 3.8) is 0 Å². The molecule has 2 aliphatic heterocycles. The number of nitrogens with zero attached hydrogens (tertiary/aromatic N) is 2. The molecule has 1 fully saturated rings. The van der Waals surface area contributed by atoms with Crippen LogP contribution in [0.25, 0.3) is 0 Å². The third-order valence-corrected chi connectivity index (χ3v) is 8.39. The van der Waals surface area contributed by atoms with E-state index in [-0.39, 0.29) is 49.6 Å². The molecule has 12 heteroatoms. The number of rotatable bonds is 14. The highest BCUT2D eigenvalue weighted by Gasteiger charge is 2.35. The van der Waals surface area contributed by atoms with Gasteiger partial charge in [-0.3, -0.25) is 4.79 Å². The number of carbonyl (C=O) groups excluding carboxylic acids is 2. The van der Waals surface area contributed by atoms with Crippen LogP contribution in [0.1, 0.15) is 57.1 Å². The van der Waals surface area contributed by atoms with Crippen LogP contribution in [0.5, 0.6) is 17.2 Å². The second-order valence-electron chi connectivity index (χ2n) is 13.3. The summed E-state index contributed by atoms with van der Waals surface area (Å²) in [7, 11) is 1.64. The van der Waals surface area contributed by atoms with Gasteiger partial charge in [-0.1, -0.05) is 18.2 Å². The summed E-state index contributed by atoms with van der Waals surface area (Å²) >= 11 is 0. The van der Waals surface area contributed by atoms with Crippen LogP contribution in [0.4, 0.5) is 19.3 Å². The van der Waals surface area contributed by atoms with Crippen molar-refractivity contribution in [2.75, 3.05) is 58.1 Å². The first kappa shape index (κ1) is 36.9. The van der Waals surface area contributed by atoms with Gasteiger partial charge in [-0.15, -0.1) is 0 Å². The number of amides is 2. The maximum atomic E-state index is 13.8. The van der Waals surface area contributed by atoms with E-state index in [0.29, 0.717) is 69.3 Å². The van der Waals surface area contributed by atoms with E-state index in [9.17, 15) is 18.4 Å². The fourth-order valence-corrected chi connectivity index (χ4v) is 5.95. The van der Waals surface area contributed by atoms with Crippen molar-refractivity contribution < 1.29 is 46.8 Å². The smallest absolute Gasteiger partial charge is 0.410 e. The molecule has 0 saturated carbocycles. The number of benzene rings is 3. The third-order valence-electron chi connectivity index (χ3n) is 8.39. The number of hydrogen-bond acceptors (Lipinski definition) is 8. The van der Waals surface area contributed by atoms with Gasteiger partial charge in [0, 0.05) is 45.2 Å². The summed E-state index contributed by atoms with van der Waals surface area (Å²) in [6, 6.07) is 16.7. The Bertz CT molecular complexity index is 1600. The molecular formula is C38H46F2N2O8. The number of anilines is 1. The average Bonchev–Trinajstić information content (AvgIpc) is 3.08. The molecule has 2 unspecified atom stereocenters. The standard InChI is InChI=1S/C38H46F2N2O8/c1-38(2,3)50-37(44)41-17-15-30(27-8-11-29(12-9-27)46-19-6-20-47-33-14-10-28(39)22-31(33)40)35(23-41)48-24-26-7-13-34-32(21-26)42(16-5-18-45-4)36(43)25-49-34/h7-14,21-22,30,35H,5-6,15-20,23-25H2,1-4H3. The molecule has 3 aromatic carbocycles. The zero-order valence-electron chi connectivity index (χ0n) is 29.1. The molecule has 0 aliphatic carbocycles. The van der Waals surface area contributed by atoms with Gasteiger partial charge in [0.05, 0.1) is 38.2 Å². The Morgan fingerprint density at radius 3 is 2.48 bits per heavy atom. The van der Waals surface area contributed by atoms with E-state index in [4.69, 9.17) is 28.4 Å². The number of halogens is 2. The van der Waals surface area contributed by atoms with Crippen LogP contribution in [0, 0.1) is 11.6 Å². The van der Waals surface area contributed by atoms with Gasteiger partial charge in [0.25, 0.3) is 5.91 Å². The van der Waals surface area contributed by atoms with E-state index >= 15 is 0 Å². The second kappa shape index (κ2) is 17.0. The maximum Gasteiger partial charge on any atom is 0.410 e. The third kappa shape index (κ3) is 10.1. The van der Waals surface area contributed by atoms with Crippen LogP contribution in [-0.4, -0.2) is 81.8 Å². The Hall–Kier alpha value is -4.42. The van der Waals surface area contributed by atoms with E-state index in [1.807, 2.05) is 63.2 Å². The number of piperidine rings is 1. The molecule has 0 spiro atoms. The van der Waals surface area contributed by atoms with Crippen molar-refractivity contribution in [3.05, 3.63) is 83.4 Å².